The van der Waals surface area contributed by atoms with Gasteiger partial charge in [-0.25, -0.2) is 0 Å². The van der Waals surface area contributed by atoms with Gasteiger partial charge in [0.05, 0.1) is 55.7 Å². The Kier molecular flexibility index (Phi) is 18.3. The third-order valence-corrected chi connectivity index (χ3v) is 12.5. The van der Waals surface area contributed by atoms with Crippen molar-refractivity contribution in [3.05, 3.63) is 157 Å². The van der Waals surface area contributed by atoms with Gasteiger partial charge in [0.15, 0.2) is 3.79 Å². The summed E-state index contributed by atoms with van der Waals surface area (Å²) in [5, 5.41) is 0. The smallest absolute Gasteiger partial charge is 0.291 e. The van der Waals surface area contributed by atoms with Crippen molar-refractivity contribution in [2.24, 2.45) is 0 Å². The summed E-state index contributed by atoms with van der Waals surface area (Å²) in [4.78, 5) is 2.07. The van der Waals surface area contributed by atoms with Crippen LogP contribution >= 0.6 is 34.8 Å². The molecule has 0 atom stereocenters. The Morgan fingerprint density at radius 3 is 1.09 bits per heavy atom. The van der Waals surface area contributed by atoms with Crippen molar-refractivity contribution < 1.29 is 32.8 Å². The summed E-state index contributed by atoms with van der Waals surface area (Å²) >= 11 is 15.2. The number of hydrogen-bond donors (Lipinski definition) is 0. The average Bonchev–Trinajstić information content (AvgIpc) is 3.63. The highest BCUT2D eigenvalue weighted by molar-refractivity contribution is 7.16. The van der Waals surface area contributed by atoms with Crippen LogP contribution in [-0.2, 0) is 0 Å². The Balaban J connectivity index is 0.000000228. The Morgan fingerprint density at radius 2 is 0.806 bits per heavy atom. The second-order valence-corrected chi connectivity index (χ2v) is 20.1. The summed E-state index contributed by atoms with van der Waals surface area (Å²) in [5.41, 5.74) is 8.53. The molecule has 13 heteroatoms. The normalized spacial score (nSPS) is 13.6. The first kappa shape index (κ1) is 52.3. The van der Waals surface area contributed by atoms with Crippen LogP contribution in [0.3, 0.4) is 0 Å². The summed E-state index contributed by atoms with van der Waals surface area (Å²) in [6.45, 7) is 3.10. The van der Waals surface area contributed by atoms with Gasteiger partial charge in [0.25, 0.3) is 6.28 Å². The lowest BCUT2D eigenvalue weighted by atomic mass is 9.16. The molecular formula is C54H62B2Cl3N2O6-. The van der Waals surface area contributed by atoms with E-state index < -0.39 is 16.2 Å². The molecule has 0 spiro atoms. The minimum atomic E-state index is -1.56. The number of nitrogens with zero attached hydrogens (tertiary/aromatic N) is 2. The fourth-order valence-corrected chi connectivity index (χ4v) is 9.17. The molecule has 67 heavy (non-hydrogen) atoms. The number of quaternary nitrogens is 1. The van der Waals surface area contributed by atoms with Gasteiger partial charge in [0.2, 0.25) is 0 Å². The molecule has 7 rings (SSSR count). The fourth-order valence-electron chi connectivity index (χ4n) is 9.17. The predicted octanol–water partition coefficient (Wildman–Crippen LogP) is 8.15. The number of likely N-dealkylation sites (N-methyl/N-ethyl adjacent to an activating group) is 1. The molecule has 8 nitrogen and oxygen atoms in total. The van der Waals surface area contributed by atoms with Crippen LogP contribution in [0.5, 0.6) is 34.5 Å². The number of methoxy groups -OCH3 is 6. The number of benzene rings is 6. The lowest BCUT2D eigenvalue weighted by Gasteiger charge is -2.54. The van der Waals surface area contributed by atoms with Crippen LogP contribution in [-0.4, -0.2) is 109 Å². The molecule has 0 bridgehead atoms. The molecule has 1 heterocycles. The van der Waals surface area contributed by atoms with Crippen molar-refractivity contribution in [1.29, 1.82) is 0 Å². The maximum absolute atomic E-state index is 5.45. The minimum absolute atomic E-state index is 0.673. The lowest BCUT2D eigenvalue weighted by molar-refractivity contribution is -0.776. The van der Waals surface area contributed by atoms with Crippen molar-refractivity contribution in [3.63, 3.8) is 0 Å². The topological polar surface area (TPSA) is 58.6 Å². The maximum atomic E-state index is 5.45. The van der Waals surface area contributed by atoms with Crippen LogP contribution in [0.4, 0.5) is 0 Å². The standard InChI is InChI=1S/C26H30BNO3.C26H29BNO3.C2H3Cl3/c1-28(2)19-18-26(20-6-12-23(29-3)13-7-20)27(28,21-8-14-24(30-4)15-9-21)22-10-16-25(31-5)17-11-22;1-28(2)20-6-19-27(21-7-13-24(29-3)14-8-21,22-9-15-25(30-4)16-10-22)23-11-17-26(31-5)18-12-23;1-2(3,4)5/h6-18H,19H2,1-5H3;7-18H,20H2,1-5H3;1H3/q;-1;. The van der Waals surface area contributed by atoms with Crippen molar-refractivity contribution in [2.45, 2.75) is 10.7 Å². The zero-order valence-electron chi connectivity index (χ0n) is 40.5. The van der Waals surface area contributed by atoms with Gasteiger partial charge in [0, 0.05) is 14.1 Å². The van der Waals surface area contributed by atoms with Gasteiger partial charge in [-0.2, -0.15) is 16.4 Å². The molecule has 0 radical (unpaired) electrons. The molecule has 352 valence electrons. The Bertz CT molecular complexity index is 2400. The Morgan fingerprint density at radius 1 is 0.522 bits per heavy atom. The van der Waals surface area contributed by atoms with Gasteiger partial charge in [-0.1, -0.05) is 119 Å². The van der Waals surface area contributed by atoms with E-state index in [1.54, 1.807) is 42.7 Å². The fraction of sp³-hybridized carbons (Fsp3) is 0.259. The van der Waals surface area contributed by atoms with E-state index in [0.29, 0.717) is 6.54 Å². The van der Waals surface area contributed by atoms with Crippen molar-refractivity contribution in [1.82, 2.24) is 4.90 Å². The molecule has 0 N–H and O–H groups in total. The van der Waals surface area contributed by atoms with Crippen molar-refractivity contribution >= 4 is 80.0 Å². The van der Waals surface area contributed by atoms with E-state index in [9.17, 15) is 0 Å². The third-order valence-electron chi connectivity index (χ3n) is 12.5. The van der Waals surface area contributed by atoms with Gasteiger partial charge >= 0.3 is 0 Å². The molecule has 1 aliphatic rings. The van der Waals surface area contributed by atoms with Gasteiger partial charge in [-0.05, 0) is 93.8 Å². The summed E-state index contributed by atoms with van der Waals surface area (Å²) in [6, 6.07) is 50.1. The van der Waals surface area contributed by atoms with Crippen LogP contribution in [0.15, 0.2) is 152 Å². The molecule has 0 aromatic heterocycles. The zero-order valence-corrected chi connectivity index (χ0v) is 42.7. The summed E-state index contributed by atoms with van der Waals surface area (Å²) in [7, 11) is 18.8. The first-order valence-corrected chi connectivity index (χ1v) is 23.1. The molecular weight excluding hydrogens is 901 g/mol. The zero-order chi connectivity index (χ0) is 48.8. The van der Waals surface area contributed by atoms with Gasteiger partial charge in [-0.3, -0.25) is 10.7 Å². The van der Waals surface area contributed by atoms with Crippen molar-refractivity contribution in [2.75, 3.05) is 83.9 Å². The molecule has 0 aliphatic carbocycles. The Hall–Kier alpha value is -5.66. The number of alkyl halides is 3. The Labute approximate surface area is 413 Å². The second kappa shape index (κ2) is 23.4. The number of rotatable bonds is 13. The van der Waals surface area contributed by atoms with E-state index in [0.717, 1.165) is 61.8 Å². The van der Waals surface area contributed by atoms with Crippen LogP contribution in [0.1, 0.15) is 12.5 Å². The number of ether oxygens (including phenoxy) is 6. The van der Waals surface area contributed by atoms with Gasteiger partial charge < -0.3 is 32.8 Å². The second-order valence-electron chi connectivity index (χ2n) is 17.2. The maximum Gasteiger partial charge on any atom is 0.291 e. The summed E-state index contributed by atoms with van der Waals surface area (Å²) in [6.07, 6.45) is -0.466. The quantitative estimate of drug-likeness (QED) is 0.0659. The third kappa shape index (κ3) is 12.5. The molecule has 0 fully saturated rings. The number of halogens is 3. The van der Waals surface area contributed by atoms with Gasteiger partial charge in [-0.15, -0.1) is 22.3 Å². The van der Waals surface area contributed by atoms with Crippen LogP contribution < -0.4 is 55.7 Å². The van der Waals surface area contributed by atoms with E-state index in [2.05, 4.69) is 134 Å². The SMILES string of the molecule is CC(Cl)(Cl)Cl.COc1ccc(C2=CC[N+](C)(C)[B-]2(c2ccc(OC)cc2)c2ccc(OC)cc2)cc1.COc1ccc([B-](C#CCN(C)C)(c2ccc(OC)cc2)c2ccc(OC)cc2)cc1. The van der Waals surface area contributed by atoms with E-state index in [4.69, 9.17) is 63.2 Å². The lowest BCUT2D eigenvalue weighted by Crippen LogP contribution is -2.75. The molecule has 0 saturated carbocycles. The summed E-state index contributed by atoms with van der Waals surface area (Å²) < 4.78 is 32.2. The van der Waals surface area contributed by atoms with Gasteiger partial charge in [0.1, 0.15) is 40.6 Å². The van der Waals surface area contributed by atoms with E-state index in [1.807, 2.05) is 62.6 Å². The van der Waals surface area contributed by atoms with E-state index in [-0.39, 0.29) is 0 Å². The predicted molar refractivity (Wildman–Crippen MR) is 285 cm³/mol. The molecule has 1 aliphatic heterocycles. The molecule has 6 aromatic rings. The highest BCUT2D eigenvalue weighted by atomic mass is 35.6. The summed E-state index contributed by atoms with van der Waals surface area (Å²) in [5.74, 6) is 12.1. The van der Waals surface area contributed by atoms with E-state index >= 15 is 0 Å². The van der Waals surface area contributed by atoms with Crippen LogP contribution in [0.2, 0.25) is 0 Å². The highest BCUT2D eigenvalue weighted by Gasteiger charge is 2.50. The molecule has 0 unspecified atom stereocenters. The molecule has 0 saturated heterocycles. The first-order valence-electron chi connectivity index (χ1n) is 21.9. The first-order chi connectivity index (χ1) is 32.0. The monoisotopic (exact) mass is 961 g/mol. The largest absolute Gasteiger partial charge is 0.506 e. The average molecular weight is 963 g/mol. The van der Waals surface area contributed by atoms with E-state index in [1.165, 1.54) is 28.9 Å². The van der Waals surface area contributed by atoms with Crippen LogP contribution in [0.25, 0.3) is 5.47 Å². The molecule has 6 aromatic carbocycles. The number of hydrogen-bond acceptors (Lipinski definition) is 7. The van der Waals surface area contributed by atoms with Crippen LogP contribution in [0, 0.1) is 11.7 Å². The van der Waals surface area contributed by atoms with Crippen molar-refractivity contribution in [3.8, 4) is 46.2 Å². The minimum Gasteiger partial charge on any atom is -0.506 e. The highest BCUT2D eigenvalue weighted by Crippen LogP contribution is 2.38. The molecule has 0 amide bonds.